The van der Waals surface area contributed by atoms with Crippen molar-refractivity contribution in [3.8, 4) is 6.07 Å². The Morgan fingerprint density at radius 1 is 1.55 bits per heavy atom. The fraction of sp³-hybridized carbons (Fsp3) is 0.214. The van der Waals surface area contributed by atoms with Crippen LogP contribution in [0.1, 0.15) is 16.8 Å². The average molecular weight is 287 g/mol. The molecule has 1 N–H and O–H groups in total. The van der Waals surface area contributed by atoms with Gasteiger partial charge in [0.05, 0.1) is 23.7 Å². The van der Waals surface area contributed by atoms with Crippen molar-refractivity contribution in [1.82, 2.24) is 4.98 Å². The SMILES string of the molecule is CN(Cc1cccc(C#N)c1)c1nc(CC(=O)O)cs1. The van der Waals surface area contributed by atoms with Gasteiger partial charge in [0.1, 0.15) is 0 Å². The topological polar surface area (TPSA) is 77.2 Å². The molecule has 0 unspecified atom stereocenters. The van der Waals surface area contributed by atoms with E-state index >= 15 is 0 Å². The van der Waals surface area contributed by atoms with Gasteiger partial charge in [-0.25, -0.2) is 4.98 Å². The van der Waals surface area contributed by atoms with Crippen molar-refractivity contribution in [2.45, 2.75) is 13.0 Å². The van der Waals surface area contributed by atoms with Gasteiger partial charge >= 0.3 is 5.97 Å². The molecule has 20 heavy (non-hydrogen) atoms. The summed E-state index contributed by atoms with van der Waals surface area (Å²) in [5.74, 6) is -0.883. The molecule has 0 aliphatic carbocycles. The Kier molecular flexibility index (Phi) is 4.33. The first-order valence-electron chi connectivity index (χ1n) is 5.95. The minimum atomic E-state index is -0.883. The van der Waals surface area contributed by atoms with Crippen LogP contribution >= 0.6 is 11.3 Å². The number of carbonyl (C=O) groups is 1. The molecule has 0 radical (unpaired) electrons. The molecule has 0 amide bonds. The molecule has 0 bridgehead atoms. The lowest BCUT2D eigenvalue weighted by Crippen LogP contribution is -2.16. The molecular formula is C14H13N3O2S. The monoisotopic (exact) mass is 287 g/mol. The van der Waals surface area contributed by atoms with Crippen LogP contribution in [0.4, 0.5) is 5.13 Å². The van der Waals surface area contributed by atoms with E-state index in [1.807, 2.05) is 30.1 Å². The van der Waals surface area contributed by atoms with Crippen molar-refractivity contribution < 1.29 is 9.90 Å². The lowest BCUT2D eigenvalue weighted by Gasteiger charge is -2.15. The molecule has 1 heterocycles. The number of aliphatic carboxylic acids is 1. The molecule has 0 saturated carbocycles. The number of carboxylic acid groups (broad SMARTS) is 1. The first-order valence-corrected chi connectivity index (χ1v) is 6.83. The third kappa shape index (κ3) is 3.56. The van der Waals surface area contributed by atoms with E-state index in [0.29, 0.717) is 17.8 Å². The maximum atomic E-state index is 10.6. The molecule has 0 fully saturated rings. The van der Waals surface area contributed by atoms with Crippen LogP contribution in [0.25, 0.3) is 0 Å². The van der Waals surface area contributed by atoms with Crippen LogP contribution in [0.15, 0.2) is 29.6 Å². The summed E-state index contributed by atoms with van der Waals surface area (Å²) in [6, 6.07) is 9.50. The molecule has 102 valence electrons. The second kappa shape index (κ2) is 6.17. The second-order valence-electron chi connectivity index (χ2n) is 4.36. The van der Waals surface area contributed by atoms with Gasteiger partial charge in [-0.2, -0.15) is 5.26 Å². The van der Waals surface area contributed by atoms with E-state index in [1.54, 1.807) is 11.4 Å². The summed E-state index contributed by atoms with van der Waals surface area (Å²) < 4.78 is 0. The Balaban J connectivity index is 2.07. The predicted octanol–water partition coefficient (Wildman–Crippen LogP) is 2.28. The third-order valence-corrected chi connectivity index (χ3v) is 3.68. The van der Waals surface area contributed by atoms with E-state index in [9.17, 15) is 4.79 Å². The van der Waals surface area contributed by atoms with Gasteiger partial charge in [-0.3, -0.25) is 4.79 Å². The lowest BCUT2D eigenvalue weighted by molar-refractivity contribution is -0.136. The van der Waals surface area contributed by atoms with Crippen LogP contribution in [0, 0.1) is 11.3 Å². The van der Waals surface area contributed by atoms with Gasteiger partial charge < -0.3 is 10.0 Å². The highest BCUT2D eigenvalue weighted by Gasteiger charge is 2.10. The number of carboxylic acids is 1. The normalized spacial score (nSPS) is 10.0. The summed E-state index contributed by atoms with van der Waals surface area (Å²) in [4.78, 5) is 16.9. The van der Waals surface area contributed by atoms with Crippen LogP contribution in [0.3, 0.4) is 0 Å². The fourth-order valence-corrected chi connectivity index (χ4v) is 2.58. The second-order valence-corrected chi connectivity index (χ2v) is 5.20. The van der Waals surface area contributed by atoms with E-state index in [1.165, 1.54) is 11.3 Å². The minimum Gasteiger partial charge on any atom is -0.481 e. The Morgan fingerprint density at radius 3 is 3.05 bits per heavy atom. The summed E-state index contributed by atoms with van der Waals surface area (Å²) in [6.07, 6.45) is -0.0613. The number of thiazole rings is 1. The Labute approximate surface area is 120 Å². The zero-order chi connectivity index (χ0) is 14.5. The Bertz CT molecular complexity index is 660. The first-order chi connectivity index (χ1) is 9.58. The minimum absolute atomic E-state index is 0.0613. The third-order valence-electron chi connectivity index (χ3n) is 2.67. The van der Waals surface area contributed by atoms with Gasteiger partial charge in [0.2, 0.25) is 0 Å². The zero-order valence-electron chi connectivity index (χ0n) is 10.9. The first kappa shape index (κ1) is 14.0. The molecule has 1 aromatic carbocycles. The quantitative estimate of drug-likeness (QED) is 0.912. The number of hydrogen-bond donors (Lipinski definition) is 1. The summed E-state index contributed by atoms with van der Waals surface area (Å²) in [5.41, 5.74) is 2.21. The summed E-state index contributed by atoms with van der Waals surface area (Å²) in [5, 5.41) is 20.1. The predicted molar refractivity (Wildman–Crippen MR) is 76.7 cm³/mol. The van der Waals surface area contributed by atoms with E-state index in [-0.39, 0.29) is 6.42 Å². The number of anilines is 1. The molecule has 0 aliphatic heterocycles. The van der Waals surface area contributed by atoms with E-state index in [4.69, 9.17) is 10.4 Å². The molecular weight excluding hydrogens is 274 g/mol. The molecule has 0 saturated heterocycles. The summed E-state index contributed by atoms with van der Waals surface area (Å²) >= 11 is 1.42. The molecule has 2 rings (SSSR count). The molecule has 6 heteroatoms. The van der Waals surface area contributed by atoms with Crippen molar-refractivity contribution in [2.75, 3.05) is 11.9 Å². The number of rotatable bonds is 5. The number of nitrogens with zero attached hydrogens (tertiary/aromatic N) is 3. The van der Waals surface area contributed by atoms with Gasteiger partial charge in [-0.05, 0) is 17.7 Å². The largest absolute Gasteiger partial charge is 0.481 e. The Hall–Kier alpha value is -2.39. The molecule has 2 aromatic rings. The van der Waals surface area contributed by atoms with E-state index < -0.39 is 5.97 Å². The van der Waals surface area contributed by atoms with Gasteiger partial charge in [-0.15, -0.1) is 11.3 Å². The van der Waals surface area contributed by atoms with Crippen LogP contribution in [-0.4, -0.2) is 23.1 Å². The average Bonchev–Trinajstić information content (AvgIpc) is 2.86. The number of aromatic nitrogens is 1. The van der Waals surface area contributed by atoms with Crippen molar-refractivity contribution in [3.63, 3.8) is 0 Å². The highest BCUT2D eigenvalue weighted by Crippen LogP contribution is 2.21. The van der Waals surface area contributed by atoms with Crippen molar-refractivity contribution in [1.29, 1.82) is 5.26 Å². The van der Waals surface area contributed by atoms with Gasteiger partial charge in [0, 0.05) is 19.0 Å². The maximum absolute atomic E-state index is 10.6. The van der Waals surface area contributed by atoms with Crippen LogP contribution < -0.4 is 4.90 Å². The summed E-state index contributed by atoms with van der Waals surface area (Å²) in [7, 11) is 1.89. The van der Waals surface area contributed by atoms with Crippen molar-refractivity contribution in [3.05, 3.63) is 46.5 Å². The number of nitriles is 1. The van der Waals surface area contributed by atoms with E-state index in [0.717, 1.165) is 10.7 Å². The van der Waals surface area contributed by atoms with Crippen molar-refractivity contribution >= 4 is 22.4 Å². The maximum Gasteiger partial charge on any atom is 0.309 e. The number of hydrogen-bond acceptors (Lipinski definition) is 5. The zero-order valence-corrected chi connectivity index (χ0v) is 11.7. The molecule has 5 nitrogen and oxygen atoms in total. The van der Waals surface area contributed by atoms with E-state index in [2.05, 4.69) is 11.1 Å². The highest BCUT2D eigenvalue weighted by atomic mass is 32.1. The standard InChI is InChI=1S/C14H13N3O2S/c1-17(8-11-4-2-3-10(5-11)7-15)14-16-12(9-20-14)6-13(18)19/h2-5,9H,6,8H2,1H3,(H,18,19). The smallest absolute Gasteiger partial charge is 0.309 e. The molecule has 0 aliphatic rings. The van der Waals surface area contributed by atoms with Gasteiger partial charge in [0.25, 0.3) is 0 Å². The lowest BCUT2D eigenvalue weighted by atomic mass is 10.1. The van der Waals surface area contributed by atoms with Crippen molar-refractivity contribution in [2.24, 2.45) is 0 Å². The molecule has 0 spiro atoms. The van der Waals surface area contributed by atoms with Crippen LogP contribution in [-0.2, 0) is 17.8 Å². The van der Waals surface area contributed by atoms with Gasteiger partial charge in [0.15, 0.2) is 5.13 Å². The highest BCUT2D eigenvalue weighted by molar-refractivity contribution is 7.13. The molecule has 0 atom stereocenters. The Morgan fingerprint density at radius 2 is 2.35 bits per heavy atom. The van der Waals surface area contributed by atoms with Crippen LogP contribution in [0.2, 0.25) is 0 Å². The molecule has 1 aromatic heterocycles. The fourth-order valence-electron chi connectivity index (χ4n) is 1.79. The van der Waals surface area contributed by atoms with Gasteiger partial charge in [-0.1, -0.05) is 12.1 Å². The van der Waals surface area contributed by atoms with Crippen LogP contribution in [0.5, 0.6) is 0 Å². The summed E-state index contributed by atoms with van der Waals surface area (Å²) in [6.45, 7) is 0.621. The number of benzene rings is 1.